The van der Waals surface area contributed by atoms with E-state index in [0.717, 1.165) is 21.9 Å². The summed E-state index contributed by atoms with van der Waals surface area (Å²) < 4.78 is 5.44. The number of carbonyl (C=O) groups excluding carboxylic acids is 1. The summed E-state index contributed by atoms with van der Waals surface area (Å²) in [6, 6.07) is 22.6. The summed E-state index contributed by atoms with van der Waals surface area (Å²) in [5, 5.41) is 3.62. The SMILES string of the molecule is COc1ccc(C(=O)Nc2ccccc2)cc1CSc1ccc(Cl)cc1. The van der Waals surface area contributed by atoms with Gasteiger partial charge in [-0.25, -0.2) is 0 Å². The van der Waals surface area contributed by atoms with Crippen molar-refractivity contribution in [2.45, 2.75) is 10.6 Å². The Labute approximate surface area is 162 Å². The quantitative estimate of drug-likeness (QED) is 0.539. The lowest BCUT2D eigenvalue weighted by molar-refractivity contribution is 0.102. The van der Waals surface area contributed by atoms with Gasteiger partial charge in [-0.15, -0.1) is 11.8 Å². The fourth-order valence-corrected chi connectivity index (χ4v) is 3.45. The highest BCUT2D eigenvalue weighted by Crippen LogP contribution is 2.29. The molecule has 0 aliphatic carbocycles. The van der Waals surface area contributed by atoms with Gasteiger partial charge in [0.15, 0.2) is 0 Å². The van der Waals surface area contributed by atoms with E-state index in [2.05, 4.69) is 5.32 Å². The Morgan fingerprint density at radius 3 is 2.46 bits per heavy atom. The number of carbonyl (C=O) groups is 1. The molecule has 0 spiro atoms. The average molecular weight is 384 g/mol. The number of para-hydroxylation sites is 1. The number of benzene rings is 3. The molecule has 0 aromatic heterocycles. The predicted molar refractivity (Wildman–Crippen MR) is 108 cm³/mol. The third-order valence-electron chi connectivity index (χ3n) is 3.78. The van der Waals surface area contributed by atoms with Crippen LogP contribution in [0.15, 0.2) is 77.7 Å². The first-order valence-corrected chi connectivity index (χ1v) is 9.44. The molecule has 5 heteroatoms. The van der Waals surface area contributed by atoms with Crippen molar-refractivity contribution in [2.75, 3.05) is 12.4 Å². The molecule has 0 radical (unpaired) electrons. The predicted octanol–water partition coefficient (Wildman–Crippen LogP) is 5.89. The zero-order valence-electron chi connectivity index (χ0n) is 14.2. The highest BCUT2D eigenvalue weighted by molar-refractivity contribution is 7.98. The smallest absolute Gasteiger partial charge is 0.255 e. The number of hydrogen-bond donors (Lipinski definition) is 1. The van der Waals surface area contributed by atoms with Gasteiger partial charge in [-0.1, -0.05) is 29.8 Å². The van der Waals surface area contributed by atoms with E-state index in [0.29, 0.717) is 16.3 Å². The van der Waals surface area contributed by atoms with Crippen LogP contribution in [0, 0.1) is 0 Å². The van der Waals surface area contributed by atoms with Gasteiger partial charge in [0.2, 0.25) is 0 Å². The molecule has 0 aliphatic heterocycles. The van der Waals surface area contributed by atoms with Gasteiger partial charge in [0.25, 0.3) is 5.91 Å². The van der Waals surface area contributed by atoms with Crippen molar-refractivity contribution in [3.05, 3.63) is 88.9 Å². The molecule has 0 aliphatic rings. The third kappa shape index (κ3) is 4.81. The number of halogens is 1. The molecule has 0 atom stereocenters. The number of anilines is 1. The van der Waals surface area contributed by atoms with Crippen molar-refractivity contribution in [3.63, 3.8) is 0 Å². The minimum Gasteiger partial charge on any atom is -0.496 e. The fourth-order valence-electron chi connectivity index (χ4n) is 2.45. The Morgan fingerprint density at radius 2 is 1.77 bits per heavy atom. The van der Waals surface area contributed by atoms with Crippen LogP contribution in [0.4, 0.5) is 5.69 Å². The lowest BCUT2D eigenvalue weighted by atomic mass is 10.1. The van der Waals surface area contributed by atoms with Gasteiger partial charge in [0, 0.05) is 32.5 Å². The Bertz CT molecular complexity index is 882. The van der Waals surface area contributed by atoms with Crippen molar-refractivity contribution >= 4 is 35.0 Å². The summed E-state index contributed by atoms with van der Waals surface area (Å²) in [6.07, 6.45) is 0. The van der Waals surface area contributed by atoms with Crippen LogP contribution in [0.3, 0.4) is 0 Å². The Kier molecular flexibility index (Phi) is 6.21. The first kappa shape index (κ1) is 18.4. The molecular weight excluding hydrogens is 366 g/mol. The molecular formula is C21H18ClNO2S. The van der Waals surface area contributed by atoms with E-state index in [1.165, 1.54) is 0 Å². The maximum absolute atomic E-state index is 12.5. The maximum Gasteiger partial charge on any atom is 0.255 e. The average Bonchev–Trinajstić information content (AvgIpc) is 2.68. The van der Waals surface area contributed by atoms with Gasteiger partial charge in [0.05, 0.1) is 7.11 Å². The summed E-state index contributed by atoms with van der Waals surface area (Å²) >= 11 is 7.59. The van der Waals surface area contributed by atoms with E-state index in [1.807, 2.05) is 66.7 Å². The summed E-state index contributed by atoms with van der Waals surface area (Å²) in [4.78, 5) is 13.6. The van der Waals surface area contributed by atoms with Crippen LogP contribution in [0.2, 0.25) is 5.02 Å². The van der Waals surface area contributed by atoms with E-state index in [9.17, 15) is 4.79 Å². The Balaban J connectivity index is 1.75. The molecule has 3 rings (SSSR count). The van der Waals surface area contributed by atoms with Crippen LogP contribution in [-0.2, 0) is 5.75 Å². The molecule has 0 unspecified atom stereocenters. The first-order valence-electron chi connectivity index (χ1n) is 8.07. The second-order valence-corrected chi connectivity index (χ2v) is 7.07. The maximum atomic E-state index is 12.5. The molecule has 3 aromatic rings. The van der Waals surface area contributed by atoms with Crippen molar-refractivity contribution < 1.29 is 9.53 Å². The van der Waals surface area contributed by atoms with Crippen LogP contribution >= 0.6 is 23.4 Å². The normalized spacial score (nSPS) is 10.4. The number of ether oxygens (including phenoxy) is 1. The second kappa shape index (κ2) is 8.79. The Hall–Kier alpha value is -2.43. The summed E-state index contributed by atoms with van der Waals surface area (Å²) in [5.41, 5.74) is 2.33. The summed E-state index contributed by atoms with van der Waals surface area (Å²) in [5.74, 6) is 1.32. The molecule has 26 heavy (non-hydrogen) atoms. The lowest BCUT2D eigenvalue weighted by Gasteiger charge is -2.11. The molecule has 132 valence electrons. The van der Waals surface area contributed by atoms with Crippen molar-refractivity contribution in [3.8, 4) is 5.75 Å². The summed E-state index contributed by atoms with van der Waals surface area (Å²) in [7, 11) is 1.63. The molecule has 0 fully saturated rings. The molecule has 0 heterocycles. The number of rotatable bonds is 6. The van der Waals surface area contributed by atoms with Gasteiger partial charge >= 0.3 is 0 Å². The van der Waals surface area contributed by atoms with Crippen LogP contribution in [0.5, 0.6) is 5.75 Å². The van der Waals surface area contributed by atoms with Crippen molar-refractivity contribution in [1.29, 1.82) is 0 Å². The van der Waals surface area contributed by atoms with Gasteiger partial charge in [-0.2, -0.15) is 0 Å². The number of methoxy groups -OCH3 is 1. The molecule has 3 nitrogen and oxygen atoms in total. The number of nitrogens with one attached hydrogen (secondary N) is 1. The topological polar surface area (TPSA) is 38.3 Å². The van der Waals surface area contributed by atoms with Gasteiger partial charge in [-0.05, 0) is 54.6 Å². The van der Waals surface area contributed by atoms with Gasteiger partial charge in [0.1, 0.15) is 5.75 Å². The van der Waals surface area contributed by atoms with E-state index in [1.54, 1.807) is 24.9 Å². The highest BCUT2D eigenvalue weighted by Gasteiger charge is 2.11. The van der Waals surface area contributed by atoms with Crippen LogP contribution in [0.1, 0.15) is 15.9 Å². The van der Waals surface area contributed by atoms with Crippen molar-refractivity contribution in [1.82, 2.24) is 0 Å². The van der Waals surface area contributed by atoms with Crippen LogP contribution < -0.4 is 10.1 Å². The standard InChI is InChI=1S/C21H18ClNO2S/c1-25-20-12-7-15(21(24)23-18-5-3-2-4-6-18)13-16(20)14-26-19-10-8-17(22)9-11-19/h2-13H,14H2,1H3,(H,23,24). The van der Waals surface area contributed by atoms with E-state index in [-0.39, 0.29) is 5.91 Å². The van der Waals surface area contributed by atoms with Crippen molar-refractivity contribution in [2.24, 2.45) is 0 Å². The van der Waals surface area contributed by atoms with E-state index >= 15 is 0 Å². The zero-order valence-corrected chi connectivity index (χ0v) is 15.8. The lowest BCUT2D eigenvalue weighted by Crippen LogP contribution is -2.12. The molecule has 0 bridgehead atoms. The minimum absolute atomic E-state index is 0.142. The highest BCUT2D eigenvalue weighted by atomic mass is 35.5. The van der Waals surface area contributed by atoms with Gasteiger partial charge in [-0.3, -0.25) is 4.79 Å². The number of hydrogen-bond acceptors (Lipinski definition) is 3. The van der Waals surface area contributed by atoms with E-state index in [4.69, 9.17) is 16.3 Å². The van der Waals surface area contributed by atoms with Gasteiger partial charge < -0.3 is 10.1 Å². The molecule has 1 amide bonds. The molecule has 3 aromatic carbocycles. The largest absolute Gasteiger partial charge is 0.496 e. The second-order valence-electron chi connectivity index (χ2n) is 5.59. The number of amides is 1. The molecule has 0 saturated carbocycles. The summed E-state index contributed by atoms with van der Waals surface area (Å²) in [6.45, 7) is 0. The monoisotopic (exact) mass is 383 g/mol. The van der Waals surface area contributed by atoms with Crippen LogP contribution in [-0.4, -0.2) is 13.0 Å². The number of thioether (sulfide) groups is 1. The van der Waals surface area contributed by atoms with E-state index < -0.39 is 0 Å². The minimum atomic E-state index is -0.142. The third-order valence-corrected chi connectivity index (χ3v) is 5.10. The molecule has 0 saturated heterocycles. The fraction of sp³-hybridized carbons (Fsp3) is 0.0952. The first-order chi connectivity index (χ1) is 12.7. The van der Waals surface area contributed by atoms with Crippen LogP contribution in [0.25, 0.3) is 0 Å². The Morgan fingerprint density at radius 1 is 1.04 bits per heavy atom. The molecule has 1 N–H and O–H groups in total. The zero-order chi connectivity index (χ0) is 18.4.